The number of hydrogen-bond donors (Lipinski definition) is 1. The largest absolute Gasteiger partial charge is 0.356 e. The van der Waals surface area contributed by atoms with Crippen molar-refractivity contribution in [2.24, 2.45) is 0 Å². The molecule has 0 atom stereocenters. The molecule has 1 N–H and O–H groups in total. The molecule has 0 unspecified atom stereocenters. The van der Waals surface area contributed by atoms with E-state index in [0.29, 0.717) is 0 Å². The Balaban J connectivity index is 1.04. The fourth-order valence-corrected chi connectivity index (χ4v) is 8.39. The Labute approximate surface area is 300 Å². The Hall–Kier alpha value is -6.18. The maximum atomic E-state index is 4.13. The summed E-state index contributed by atoms with van der Waals surface area (Å²) in [4.78, 5) is 0. The van der Waals surface area contributed by atoms with Crippen LogP contribution in [0.25, 0.3) is 79.2 Å². The van der Waals surface area contributed by atoms with Gasteiger partial charge >= 0.3 is 0 Å². The van der Waals surface area contributed by atoms with Crippen molar-refractivity contribution in [3.8, 4) is 33.4 Å². The van der Waals surface area contributed by atoms with Gasteiger partial charge in [-0.2, -0.15) is 0 Å². The Morgan fingerprint density at radius 3 is 1.53 bits per heavy atom. The maximum Gasteiger partial charge on any atom is 0.0384 e. The molecule has 244 valence electrons. The van der Waals surface area contributed by atoms with Crippen LogP contribution in [0.15, 0.2) is 147 Å². The van der Waals surface area contributed by atoms with Gasteiger partial charge in [0.2, 0.25) is 0 Å². The van der Waals surface area contributed by atoms with Gasteiger partial charge in [-0.05, 0) is 144 Å². The molecule has 0 spiro atoms. The van der Waals surface area contributed by atoms with Crippen molar-refractivity contribution in [3.63, 3.8) is 0 Å². The van der Waals surface area contributed by atoms with E-state index in [4.69, 9.17) is 0 Å². The van der Waals surface area contributed by atoms with Crippen molar-refractivity contribution >= 4 is 57.2 Å². The number of benzene rings is 7. The summed E-state index contributed by atoms with van der Waals surface area (Å²) in [5.74, 6) is 0. The predicted octanol–water partition coefficient (Wildman–Crippen LogP) is 13.9. The molecular weight excluding hydrogens is 615 g/mol. The van der Waals surface area contributed by atoms with Gasteiger partial charge in [-0.15, -0.1) is 0 Å². The molecule has 0 radical (unpaired) electrons. The standard InChI is InChI=1S/C50H39N/c1-3-39-40(4-2)45-31-26-36(32-48(45)44-19-9-8-16-41(39)44)33-22-27-37(28-23-33)51-38-29-24-35(25-30-38)50-47-21-13-11-18-43(47)42-17-10-12-20-46(42)49(50)34-14-6-5-7-15-34/h3-9,12-16,19-32,51H,1-2,10-11,17-18H2. The molecule has 0 aromatic heterocycles. The van der Waals surface area contributed by atoms with Crippen molar-refractivity contribution in [1.82, 2.24) is 0 Å². The normalized spacial score (nSPS) is 13.2. The lowest BCUT2D eigenvalue weighted by Crippen LogP contribution is -2.09. The van der Waals surface area contributed by atoms with E-state index in [-0.39, 0.29) is 0 Å². The zero-order valence-electron chi connectivity index (χ0n) is 28.8. The van der Waals surface area contributed by atoms with E-state index in [2.05, 4.69) is 164 Å². The first-order valence-corrected chi connectivity index (χ1v) is 18.0. The minimum atomic E-state index is 1.06. The minimum Gasteiger partial charge on any atom is -0.356 e. The highest BCUT2D eigenvalue weighted by Crippen LogP contribution is 2.46. The summed E-state index contributed by atoms with van der Waals surface area (Å²) < 4.78 is 0. The molecule has 0 bridgehead atoms. The first-order valence-electron chi connectivity index (χ1n) is 18.0. The third kappa shape index (κ3) is 5.34. The van der Waals surface area contributed by atoms with Crippen molar-refractivity contribution in [2.45, 2.75) is 25.7 Å². The Morgan fingerprint density at radius 1 is 0.451 bits per heavy atom. The highest BCUT2D eigenvalue weighted by atomic mass is 14.9. The summed E-state index contributed by atoms with van der Waals surface area (Å²) in [6.45, 7) is 8.23. The fourth-order valence-electron chi connectivity index (χ4n) is 8.39. The van der Waals surface area contributed by atoms with Crippen molar-refractivity contribution in [3.05, 3.63) is 180 Å². The molecular formula is C50H39N. The van der Waals surface area contributed by atoms with Gasteiger partial charge in [-0.25, -0.2) is 0 Å². The smallest absolute Gasteiger partial charge is 0.0384 e. The van der Waals surface area contributed by atoms with E-state index >= 15 is 0 Å². The van der Waals surface area contributed by atoms with Crippen LogP contribution in [0, 0.1) is 0 Å². The van der Waals surface area contributed by atoms with Gasteiger partial charge < -0.3 is 5.32 Å². The van der Waals surface area contributed by atoms with Gasteiger partial charge in [0.25, 0.3) is 0 Å². The van der Waals surface area contributed by atoms with Gasteiger partial charge in [-0.3, -0.25) is 0 Å². The van der Waals surface area contributed by atoms with E-state index in [1.807, 2.05) is 12.2 Å². The van der Waals surface area contributed by atoms with E-state index in [9.17, 15) is 0 Å². The molecule has 0 heterocycles. The van der Waals surface area contributed by atoms with Gasteiger partial charge in [0.05, 0.1) is 0 Å². The fraction of sp³-hybridized carbons (Fsp3) is 0.0800. The van der Waals surface area contributed by atoms with E-state index in [0.717, 1.165) is 48.2 Å². The lowest BCUT2D eigenvalue weighted by Gasteiger charge is -2.28. The number of nitrogens with one attached hydrogen (secondary N) is 1. The third-order valence-corrected chi connectivity index (χ3v) is 10.8. The molecule has 2 aliphatic carbocycles. The zero-order valence-corrected chi connectivity index (χ0v) is 28.8. The van der Waals surface area contributed by atoms with Crippen molar-refractivity contribution < 1.29 is 0 Å². The second-order valence-corrected chi connectivity index (χ2v) is 13.6. The van der Waals surface area contributed by atoms with Crippen LogP contribution in [0.5, 0.6) is 0 Å². The summed E-state index contributed by atoms with van der Waals surface area (Å²) in [5.41, 5.74) is 17.9. The number of allylic oxidation sites excluding steroid dienone is 2. The zero-order chi connectivity index (χ0) is 34.3. The molecule has 9 rings (SSSR count). The second-order valence-electron chi connectivity index (χ2n) is 13.6. The quantitative estimate of drug-likeness (QED) is 0.169. The van der Waals surface area contributed by atoms with Gasteiger partial charge in [0.15, 0.2) is 0 Å². The molecule has 0 amide bonds. The van der Waals surface area contributed by atoms with E-state index in [1.165, 1.54) is 71.6 Å². The Kier molecular flexibility index (Phi) is 7.82. The molecule has 7 aromatic carbocycles. The minimum absolute atomic E-state index is 1.06. The lowest BCUT2D eigenvalue weighted by atomic mass is 9.76. The third-order valence-electron chi connectivity index (χ3n) is 10.8. The molecule has 2 aliphatic rings. The van der Waals surface area contributed by atoms with Gasteiger partial charge in [0, 0.05) is 11.4 Å². The van der Waals surface area contributed by atoms with Crippen LogP contribution in [0.1, 0.15) is 46.2 Å². The molecule has 0 saturated heterocycles. The summed E-state index contributed by atoms with van der Waals surface area (Å²) in [6, 6.07) is 44.0. The summed E-state index contributed by atoms with van der Waals surface area (Å²) in [7, 11) is 0. The molecule has 7 aromatic rings. The average molecular weight is 654 g/mol. The maximum absolute atomic E-state index is 4.13. The topological polar surface area (TPSA) is 12.0 Å². The van der Waals surface area contributed by atoms with E-state index in [1.54, 1.807) is 5.56 Å². The van der Waals surface area contributed by atoms with Crippen LogP contribution in [0.2, 0.25) is 0 Å². The van der Waals surface area contributed by atoms with Crippen LogP contribution in [0.3, 0.4) is 0 Å². The Morgan fingerprint density at radius 2 is 0.941 bits per heavy atom. The molecule has 0 saturated carbocycles. The first-order chi connectivity index (χ1) is 25.2. The van der Waals surface area contributed by atoms with Crippen molar-refractivity contribution in [2.75, 3.05) is 5.32 Å². The summed E-state index contributed by atoms with van der Waals surface area (Å²) in [5, 5.41) is 8.52. The van der Waals surface area contributed by atoms with E-state index < -0.39 is 0 Å². The lowest BCUT2D eigenvalue weighted by molar-refractivity contribution is 0.907. The number of hydrogen-bond acceptors (Lipinski definition) is 1. The molecule has 0 fully saturated rings. The number of rotatable bonds is 7. The van der Waals surface area contributed by atoms with Crippen LogP contribution >= 0.6 is 0 Å². The highest BCUT2D eigenvalue weighted by Gasteiger charge is 2.25. The number of fused-ring (bicyclic) bond motifs is 6. The van der Waals surface area contributed by atoms with Crippen LogP contribution in [0.4, 0.5) is 11.4 Å². The SMILES string of the molecule is C=Cc1c(C=C)c2ccc(-c3ccc(Nc4ccc(-c5c6c(c7c(c5-c5ccccc5)C=CCC7)CCC=C6)cc4)cc3)cc2c2ccccc12. The predicted molar refractivity (Wildman–Crippen MR) is 222 cm³/mol. The average Bonchev–Trinajstić information content (AvgIpc) is 3.20. The van der Waals surface area contributed by atoms with Crippen LogP contribution in [-0.2, 0) is 12.8 Å². The molecule has 1 heteroatoms. The van der Waals surface area contributed by atoms with Crippen LogP contribution in [-0.4, -0.2) is 0 Å². The molecule has 0 aliphatic heterocycles. The summed E-state index contributed by atoms with van der Waals surface area (Å²) in [6.07, 6.45) is 17.8. The first kappa shape index (κ1) is 30.8. The molecule has 51 heavy (non-hydrogen) atoms. The van der Waals surface area contributed by atoms with Gasteiger partial charge in [0.1, 0.15) is 0 Å². The second kappa shape index (κ2) is 12.9. The number of anilines is 2. The summed E-state index contributed by atoms with van der Waals surface area (Å²) >= 11 is 0. The van der Waals surface area contributed by atoms with Gasteiger partial charge in [-0.1, -0.05) is 141 Å². The van der Waals surface area contributed by atoms with Crippen LogP contribution < -0.4 is 5.32 Å². The van der Waals surface area contributed by atoms with Crippen molar-refractivity contribution in [1.29, 1.82) is 0 Å². The molecule has 1 nitrogen and oxygen atoms in total. The monoisotopic (exact) mass is 653 g/mol. The Bertz CT molecular complexity index is 2550. The highest BCUT2D eigenvalue weighted by molar-refractivity contribution is 6.15.